The molecule has 1 amide bonds. The van der Waals surface area contributed by atoms with Crippen LogP contribution in [-0.4, -0.2) is 104 Å². The molecule has 0 spiro atoms. The highest BCUT2D eigenvalue weighted by Crippen LogP contribution is 2.67. The predicted octanol–water partition coefficient (Wildman–Crippen LogP) is 7.30. The van der Waals surface area contributed by atoms with Crippen molar-refractivity contribution in [3.05, 3.63) is 69.6 Å². The molecule has 2 N–H and O–H groups in total. The Labute approximate surface area is 412 Å². The molecule has 0 unspecified atom stereocenters. The van der Waals surface area contributed by atoms with Gasteiger partial charge in [0.1, 0.15) is 18.4 Å². The third kappa shape index (κ3) is 11.2. The van der Waals surface area contributed by atoms with Crippen molar-refractivity contribution in [2.75, 3.05) is 27.1 Å². The number of nitrogens with one attached hydrogen (secondary N) is 2. The number of aromatic nitrogens is 1. The van der Waals surface area contributed by atoms with E-state index in [9.17, 15) is 28.8 Å². The van der Waals surface area contributed by atoms with Crippen molar-refractivity contribution in [1.29, 1.82) is 0 Å². The van der Waals surface area contributed by atoms with E-state index in [1.807, 2.05) is 22.5 Å². The smallest absolute Gasteiger partial charge is 0.355 e. The number of amides is 1. The summed E-state index contributed by atoms with van der Waals surface area (Å²) in [5.74, 6) is -3.63. The van der Waals surface area contributed by atoms with E-state index >= 15 is 8.42 Å². The lowest BCUT2D eigenvalue weighted by molar-refractivity contribution is -0.156. The van der Waals surface area contributed by atoms with E-state index < -0.39 is 68.2 Å². The molecule has 1 aromatic heterocycles. The van der Waals surface area contributed by atoms with Crippen LogP contribution in [0.1, 0.15) is 163 Å². The van der Waals surface area contributed by atoms with E-state index in [0.717, 1.165) is 76.2 Å². The van der Waals surface area contributed by atoms with Gasteiger partial charge in [0.25, 0.3) is 0 Å². The molecule has 70 heavy (non-hydrogen) atoms. The zero-order valence-corrected chi connectivity index (χ0v) is 42.7. The molecule has 17 heteroatoms. The molecular weight excluding hydrogens is 919 g/mol. The summed E-state index contributed by atoms with van der Waals surface area (Å²) < 4.78 is 59.4. The number of aromatic amines is 1. The highest BCUT2D eigenvalue weighted by molar-refractivity contribution is 7.89. The number of hydrogen-bond acceptors (Lipinski definition) is 13. The molecule has 4 fully saturated rings. The van der Waals surface area contributed by atoms with Gasteiger partial charge in [-0.3, -0.25) is 24.0 Å². The zero-order chi connectivity index (χ0) is 50.4. The number of rotatable bonds is 21. The summed E-state index contributed by atoms with van der Waals surface area (Å²) in [5.41, 5.74) is -0.314. The number of hydrogen-bond donors (Lipinski definition) is 2. The molecule has 0 saturated heterocycles. The van der Waals surface area contributed by atoms with Crippen LogP contribution in [0.2, 0.25) is 0 Å². The van der Waals surface area contributed by atoms with Gasteiger partial charge in [-0.25, -0.2) is 13.2 Å². The molecule has 4 aliphatic carbocycles. The lowest BCUT2D eigenvalue weighted by Crippen LogP contribution is -2.54. The van der Waals surface area contributed by atoms with Crippen LogP contribution >= 0.6 is 0 Å². The van der Waals surface area contributed by atoms with Crippen LogP contribution in [0, 0.1) is 16.7 Å². The fourth-order valence-electron chi connectivity index (χ4n) is 12.7. The minimum atomic E-state index is -3.81. The Morgan fingerprint density at radius 1 is 0.743 bits per heavy atom. The van der Waals surface area contributed by atoms with Crippen molar-refractivity contribution in [2.45, 2.75) is 180 Å². The molecule has 0 radical (unpaired) electrons. The van der Waals surface area contributed by atoms with Crippen LogP contribution in [0.5, 0.6) is 0 Å². The maximum absolute atomic E-state index is 15.1. The van der Waals surface area contributed by atoms with Crippen molar-refractivity contribution in [2.24, 2.45) is 16.7 Å². The number of sulfonamides is 1. The number of ether oxygens (including phenoxy) is 5. The van der Waals surface area contributed by atoms with Crippen LogP contribution in [0.25, 0.3) is 0 Å². The number of esters is 5. The molecule has 2 heterocycles. The van der Waals surface area contributed by atoms with E-state index in [1.54, 1.807) is 19.1 Å². The normalized spacial score (nSPS) is 24.6. The molecule has 1 aromatic carbocycles. The predicted molar refractivity (Wildman–Crippen MR) is 258 cm³/mol. The number of H-pyrrole nitrogens is 1. The zero-order valence-electron chi connectivity index (χ0n) is 41.9. The monoisotopic (exact) mass is 991 g/mol. The van der Waals surface area contributed by atoms with Crippen LogP contribution in [0.4, 0.5) is 0 Å². The molecule has 384 valence electrons. The van der Waals surface area contributed by atoms with E-state index in [1.165, 1.54) is 21.3 Å². The number of carbonyl (C=O) groups is 6. The second kappa shape index (κ2) is 22.2. The van der Waals surface area contributed by atoms with Crippen LogP contribution < -0.4 is 5.32 Å². The van der Waals surface area contributed by atoms with Crippen LogP contribution in [-0.2, 0) is 83.5 Å². The second-order valence-corrected chi connectivity index (χ2v) is 22.9. The number of carbonyl (C=O) groups excluding carboxylic acids is 6. The van der Waals surface area contributed by atoms with Gasteiger partial charge in [-0.05, 0) is 98.3 Å². The molecular formula is C53H73N3O13S. The fourth-order valence-corrected chi connectivity index (χ4v) is 15.6. The lowest BCUT2D eigenvalue weighted by atomic mass is 9.69. The van der Waals surface area contributed by atoms with Gasteiger partial charge >= 0.3 is 29.8 Å². The van der Waals surface area contributed by atoms with Gasteiger partial charge in [0, 0.05) is 48.0 Å². The topological polar surface area (TPSA) is 214 Å². The van der Waals surface area contributed by atoms with Gasteiger partial charge in [0.15, 0.2) is 0 Å². The van der Waals surface area contributed by atoms with E-state index in [4.69, 9.17) is 23.7 Å². The average molecular weight is 992 g/mol. The molecule has 4 saturated carbocycles. The SMILES string of the molecule is COC(=O)CCC1=C(CC(=O)O[C@@H]2C[C@H]3CC[C@]2(CS(=O)(=O)N(C2CCCCC2)C2CCCCC2)C3(C)C)[C@](C)(Cc2[nH]c(C(=O)OCc3ccccc3)c(CC(=O)OC)c2CCC(=O)OC)NC1=O. The van der Waals surface area contributed by atoms with E-state index in [2.05, 4.69) is 24.1 Å². The summed E-state index contributed by atoms with van der Waals surface area (Å²) in [6.45, 7) is 5.91. The molecule has 4 atom stereocenters. The van der Waals surface area contributed by atoms with Crippen LogP contribution in [0.15, 0.2) is 41.5 Å². The first-order valence-electron chi connectivity index (χ1n) is 25.3. The Kier molecular flexibility index (Phi) is 16.7. The molecule has 16 nitrogen and oxygen atoms in total. The van der Waals surface area contributed by atoms with Gasteiger partial charge in [0.05, 0.1) is 45.5 Å². The highest BCUT2D eigenvalue weighted by Gasteiger charge is 2.67. The first-order valence-corrected chi connectivity index (χ1v) is 26.9. The summed E-state index contributed by atoms with van der Waals surface area (Å²) in [4.78, 5) is 84.0. The standard InChI is InChI=1S/C53H73N3O13S/c1-51(2)35-26-27-53(51,33-70(63,64)56(36-18-12-8-13-19-36)37-20-14-9-15-21-37)43(28-35)69-47(60)30-41-39(23-25-45(58)66-5)49(61)55-52(41,3)31-42-38(22-24-44(57)65-4)40(29-46(59)67-6)48(54-42)50(62)68-32-34-16-10-7-11-17-34/h7,10-11,16-17,35-37,43,54H,8-9,12-15,18-33H2,1-6H3,(H,55,61)/t35-,43-,52+,53-/m1/s1. The maximum atomic E-state index is 15.1. The number of benzene rings is 1. The Morgan fingerprint density at radius 3 is 1.93 bits per heavy atom. The second-order valence-electron chi connectivity index (χ2n) is 21.0. The quantitative estimate of drug-likeness (QED) is 0.0930. The lowest BCUT2D eigenvalue weighted by Gasteiger charge is -2.46. The molecule has 5 aliphatic rings. The summed E-state index contributed by atoms with van der Waals surface area (Å²) in [6, 6.07) is 8.99. The van der Waals surface area contributed by atoms with E-state index in [0.29, 0.717) is 29.7 Å². The van der Waals surface area contributed by atoms with Crippen molar-refractivity contribution < 1.29 is 60.9 Å². The minimum Gasteiger partial charge on any atom is -0.469 e. The van der Waals surface area contributed by atoms with Crippen LogP contribution in [0.3, 0.4) is 0 Å². The number of methoxy groups -OCH3 is 3. The number of nitrogens with zero attached hydrogens (tertiary/aromatic N) is 1. The molecule has 2 aromatic rings. The van der Waals surface area contributed by atoms with Gasteiger partial charge in [0.2, 0.25) is 15.9 Å². The molecule has 1 aliphatic heterocycles. The molecule has 2 bridgehead atoms. The van der Waals surface area contributed by atoms with Gasteiger partial charge in [-0.15, -0.1) is 0 Å². The first-order chi connectivity index (χ1) is 33.4. The average Bonchev–Trinajstić information content (AvgIpc) is 3.95. The minimum absolute atomic E-state index is 0.0274. The highest BCUT2D eigenvalue weighted by atomic mass is 32.2. The fraction of sp³-hybridized carbons (Fsp3) is 0.660. The van der Waals surface area contributed by atoms with Gasteiger partial charge in [-0.1, -0.05) is 82.7 Å². The summed E-state index contributed by atoms with van der Waals surface area (Å²) in [6.07, 6.45) is 9.83. The number of fused-ring (bicyclic) bond motifs is 2. The Balaban J connectivity index is 1.21. The summed E-state index contributed by atoms with van der Waals surface area (Å²) >= 11 is 0. The Hall–Kier alpha value is -5.03. The molecule has 7 rings (SSSR count). The maximum Gasteiger partial charge on any atom is 0.355 e. The first kappa shape index (κ1) is 52.8. The van der Waals surface area contributed by atoms with Gasteiger partial charge < -0.3 is 34.0 Å². The Morgan fingerprint density at radius 2 is 1.34 bits per heavy atom. The summed E-state index contributed by atoms with van der Waals surface area (Å²) in [5, 5.41) is 3.06. The third-order valence-corrected chi connectivity index (χ3v) is 18.8. The van der Waals surface area contributed by atoms with Crippen molar-refractivity contribution in [1.82, 2.24) is 14.6 Å². The van der Waals surface area contributed by atoms with Crippen molar-refractivity contribution >= 4 is 45.8 Å². The largest absolute Gasteiger partial charge is 0.469 e. The third-order valence-electron chi connectivity index (χ3n) is 16.7. The Bertz CT molecular complexity index is 2400. The van der Waals surface area contributed by atoms with E-state index in [-0.39, 0.29) is 92.1 Å². The summed E-state index contributed by atoms with van der Waals surface area (Å²) in [7, 11) is -0.0819. The van der Waals surface area contributed by atoms with Crippen molar-refractivity contribution in [3.8, 4) is 0 Å². The van der Waals surface area contributed by atoms with Crippen molar-refractivity contribution in [3.63, 3.8) is 0 Å². The van der Waals surface area contributed by atoms with Gasteiger partial charge in [-0.2, -0.15) is 4.31 Å².